The van der Waals surface area contributed by atoms with E-state index in [9.17, 15) is 9.90 Å². The summed E-state index contributed by atoms with van der Waals surface area (Å²) in [5, 5.41) is 11.0. The molecule has 1 aliphatic heterocycles. The SMILES string of the molecule is O=C(O)[C@@]12CCC[C@H]1CN(CCCc1c(Cl)cccc1Cl)C2. The predicted molar refractivity (Wildman–Crippen MR) is 88.6 cm³/mol. The summed E-state index contributed by atoms with van der Waals surface area (Å²) < 4.78 is 0. The van der Waals surface area contributed by atoms with Crippen LogP contribution in [0.2, 0.25) is 10.0 Å². The minimum atomic E-state index is -0.605. The predicted octanol–water partition coefficient (Wildman–Crippen LogP) is 4.11. The van der Waals surface area contributed by atoms with Crippen LogP contribution in [0.15, 0.2) is 18.2 Å². The molecule has 5 heteroatoms. The van der Waals surface area contributed by atoms with Crippen LogP contribution in [0.5, 0.6) is 0 Å². The Morgan fingerprint density at radius 3 is 2.73 bits per heavy atom. The molecular weight excluding hydrogens is 321 g/mol. The third-order valence-electron chi connectivity index (χ3n) is 5.33. The summed E-state index contributed by atoms with van der Waals surface area (Å²) in [6.45, 7) is 2.53. The van der Waals surface area contributed by atoms with Crippen molar-refractivity contribution in [3.63, 3.8) is 0 Å². The fraction of sp³-hybridized carbons (Fsp3) is 0.588. The molecule has 0 bridgehead atoms. The van der Waals surface area contributed by atoms with E-state index in [0.29, 0.717) is 22.5 Å². The molecule has 1 saturated carbocycles. The second-order valence-corrected chi connectivity index (χ2v) is 7.40. The van der Waals surface area contributed by atoms with Gasteiger partial charge in [0.1, 0.15) is 0 Å². The molecule has 1 aliphatic carbocycles. The third-order valence-corrected chi connectivity index (χ3v) is 6.04. The Morgan fingerprint density at radius 2 is 2.09 bits per heavy atom. The highest BCUT2D eigenvalue weighted by molar-refractivity contribution is 6.35. The largest absolute Gasteiger partial charge is 0.481 e. The van der Waals surface area contributed by atoms with E-state index in [0.717, 1.165) is 50.8 Å². The molecule has 1 saturated heterocycles. The molecule has 3 rings (SSSR count). The van der Waals surface area contributed by atoms with Crippen LogP contribution in [-0.4, -0.2) is 35.6 Å². The first-order valence-corrected chi connectivity index (χ1v) is 8.67. The molecule has 1 N–H and O–H groups in total. The molecule has 0 spiro atoms. The van der Waals surface area contributed by atoms with Gasteiger partial charge in [0, 0.05) is 23.1 Å². The number of aliphatic carboxylic acids is 1. The van der Waals surface area contributed by atoms with Gasteiger partial charge in [-0.05, 0) is 55.8 Å². The molecule has 0 amide bonds. The van der Waals surface area contributed by atoms with E-state index in [1.54, 1.807) is 0 Å². The first kappa shape index (κ1) is 16.1. The Balaban J connectivity index is 1.57. The van der Waals surface area contributed by atoms with Gasteiger partial charge in [-0.15, -0.1) is 0 Å². The number of benzene rings is 1. The number of nitrogens with zero attached hydrogens (tertiary/aromatic N) is 1. The summed E-state index contributed by atoms with van der Waals surface area (Å²) in [4.78, 5) is 14.0. The van der Waals surface area contributed by atoms with Crippen LogP contribution in [0, 0.1) is 11.3 Å². The quantitative estimate of drug-likeness (QED) is 0.875. The number of carboxylic acids is 1. The highest BCUT2D eigenvalue weighted by atomic mass is 35.5. The van der Waals surface area contributed by atoms with Gasteiger partial charge in [-0.25, -0.2) is 0 Å². The summed E-state index contributed by atoms with van der Waals surface area (Å²) in [5.74, 6) is -0.277. The molecule has 1 aromatic carbocycles. The number of hydrogen-bond donors (Lipinski definition) is 1. The number of likely N-dealkylation sites (tertiary alicyclic amines) is 1. The molecule has 2 atom stereocenters. The van der Waals surface area contributed by atoms with E-state index in [-0.39, 0.29) is 0 Å². The minimum absolute atomic E-state index is 0.328. The van der Waals surface area contributed by atoms with Crippen LogP contribution in [0.4, 0.5) is 0 Å². The van der Waals surface area contributed by atoms with Gasteiger partial charge >= 0.3 is 5.97 Å². The Kier molecular flexibility index (Phi) is 4.67. The van der Waals surface area contributed by atoms with Crippen LogP contribution in [0.25, 0.3) is 0 Å². The van der Waals surface area contributed by atoms with Gasteiger partial charge in [0.05, 0.1) is 5.41 Å². The van der Waals surface area contributed by atoms with Gasteiger partial charge in [0.2, 0.25) is 0 Å². The fourth-order valence-electron chi connectivity index (χ4n) is 4.16. The van der Waals surface area contributed by atoms with Gasteiger partial charge in [0.15, 0.2) is 0 Å². The third kappa shape index (κ3) is 2.86. The van der Waals surface area contributed by atoms with Gasteiger partial charge in [-0.2, -0.15) is 0 Å². The Labute approximate surface area is 141 Å². The topological polar surface area (TPSA) is 40.5 Å². The zero-order valence-corrected chi connectivity index (χ0v) is 14.0. The number of rotatable bonds is 5. The Morgan fingerprint density at radius 1 is 1.36 bits per heavy atom. The van der Waals surface area contributed by atoms with Crippen LogP contribution in [0.3, 0.4) is 0 Å². The standard InChI is InChI=1S/C17H21Cl2NO2/c18-14-6-1-7-15(19)13(14)5-3-9-20-10-12-4-2-8-17(12,11-20)16(21)22/h1,6-7,12H,2-5,8-11H2,(H,21,22)/t12-,17+/m0/s1. The van der Waals surface area contributed by atoms with E-state index in [2.05, 4.69) is 4.90 Å². The number of carbonyl (C=O) groups is 1. The molecule has 1 aromatic rings. The number of hydrogen-bond acceptors (Lipinski definition) is 2. The van der Waals surface area contributed by atoms with Crippen LogP contribution >= 0.6 is 23.2 Å². The average molecular weight is 342 g/mol. The van der Waals surface area contributed by atoms with E-state index in [1.165, 1.54) is 0 Å². The second kappa shape index (κ2) is 6.38. The fourth-order valence-corrected chi connectivity index (χ4v) is 4.75. The molecule has 22 heavy (non-hydrogen) atoms. The van der Waals surface area contributed by atoms with Crippen LogP contribution < -0.4 is 0 Å². The van der Waals surface area contributed by atoms with Crippen LogP contribution in [0.1, 0.15) is 31.2 Å². The molecule has 3 nitrogen and oxygen atoms in total. The Hall–Kier alpha value is -0.770. The molecule has 2 fully saturated rings. The summed E-state index contributed by atoms with van der Waals surface area (Å²) in [6.07, 6.45) is 4.73. The van der Waals surface area contributed by atoms with Gasteiger partial charge in [-0.3, -0.25) is 4.79 Å². The molecule has 0 unspecified atom stereocenters. The maximum atomic E-state index is 11.7. The second-order valence-electron chi connectivity index (χ2n) is 6.59. The zero-order valence-electron chi connectivity index (χ0n) is 12.5. The summed E-state index contributed by atoms with van der Waals surface area (Å²) in [7, 11) is 0. The summed E-state index contributed by atoms with van der Waals surface area (Å²) >= 11 is 12.4. The monoisotopic (exact) mass is 341 g/mol. The first-order chi connectivity index (χ1) is 10.5. The molecule has 120 valence electrons. The molecule has 0 aromatic heterocycles. The lowest BCUT2D eigenvalue weighted by Gasteiger charge is -2.23. The molecular formula is C17H21Cl2NO2. The highest BCUT2D eigenvalue weighted by Gasteiger charge is 2.54. The maximum absolute atomic E-state index is 11.7. The first-order valence-electron chi connectivity index (χ1n) is 7.91. The van der Waals surface area contributed by atoms with Crippen molar-refractivity contribution in [2.24, 2.45) is 11.3 Å². The van der Waals surface area contributed by atoms with Crippen LogP contribution in [-0.2, 0) is 11.2 Å². The van der Waals surface area contributed by atoms with Crippen molar-refractivity contribution in [2.75, 3.05) is 19.6 Å². The normalized spacial score (nSPS) is 28.0. The highest BCUT2D eigenvalue weighted by Crippen LogP contribution is 2.48. The maximum Gasteiger partial charge on any atom is 0.311 e. The minimum Gasteiger partial charge on any atom is -0.481 e. The smallest absolute Gasteiger partial charge is 0.311 e. The number of halogens is 2. The lowest BCUT2D eigenvalue weighted by molar-refractivity contribution is -0.149. The van der Waals surface area contributed by atoms with Crippen molar-refractivity contribution in [2.45, 2.75) is 32.1 Å². The van der Waals surface area contributed by atoms with E-state index >= 15 is 0 Å². The lowest BCUT2D eigenvalue weighted by atomic mass is 9.81. The van der Waals surface area contributed by atoms with Crippen molar-refractivity contribution in [3.8, 4) is 0 Å². The number of carboxylic acid groups (broad SMARTS) is 1. The van der Waals surface area contributed by atoms with Crippen molar-refractivity contribution in [1.82, 2.24) is 4.90 Å². The molecule has 1 heterocycles. The van der Waals surface area contributed by atoms with Crippen molar-refractivity contribution in [3.05, 3.63) is 33.8 Å². The van der Waals surface area contributed by atoms with Crippen molar-refractivity contribution < 1.29 is 9.90 Å². The zero-order chi connectivity index (χ0) is 15.7. The van der Waals surface area contributed by atoms with Gasteiger partial charge in [0.25, 0.3) is 0 Å². The van der Waals surface area contributed by atoms with E-state index in [4.69, 9.17) is 23.2 Å². The average Bonchev–Trinajstić information content (AvgIpc) is 2.99. The Bertz CT molecular complexity index is 558. The van der Waals surface area contributed by atoms with Gasteiger partial charge < -0.3 is 10.0 Å². The summed E-state index contributed by atoms with van der Waals surface area (Å²) in [5.41, 5.74) is 0.514. The summed E-state index contributed by atoms with van der Waals surface area (Å²) in [6, 6.07) is 5.58. The molecule has 0 radical (unpaired) electrons. The molecule has 2 aliphatic rings. The van der Waals surface area contributed by atoms with E-state index in [1.807, 2.05) is 18.2 Å². The van der Waals surface area contributed by atoms with Crippen molar-refractivity contribution >= 4 is 29.2 Å². The van der Waals surface area contributed by atoms with E-state index < -0.39 is 11.4 Å². The van der Waals surface area contributed by atoms with Gasteiger partial charge in [-0.1, -0.05) is 35.7 Å². The lowest BCUT2D eigenvalue weighted by Crippen LogP contribution is -2.35. The van der Waals surface area contributed by atoms with Crippen molar-refractivity contribution in [1.29, 1.82) is 0 Å². The number of fused-ring (bicyclic) bond motifs is 1.